The Hall–Kier alpha value is -2.04. The largest absolute Gasteiger partial charge is 0.489 e. The Morgan fingerprint density at radius 3 is 2.32 bits per heavy atom. The van der Waals surface area contributed by atoms with Gasteiger partial charge in [0.2, 0.25) is 11.8 Å². The van der Waals surface area contributed by atoms with Crippen LogP contribution in [0.15, 0.2) is 24.3 Å². The zero-order valence-electron chi connectivity index (χ0n) is 16.0. The van der Waals surface area contributed by atoms with Crippen molar-refractivity contribution in [1.82, 2.24) is 4.90 Å². The van der Waals surface area contributed by atoms with Gasteiger partial charge < -0.3 is 15.0 Å². The normalized spacial score (nSPS) is 16.0. The van der Waals surface area contributed by atoms with Crippen LogP contribution >= 0.6 is 0 Å². The monoisotopic (exact) mass is 346 g/mol. The van der Waals surface area contributed by atoms with Crippen molar-refractivity contribution in [1.29, 1.82) is 0 Å². The summed E-state index contributed by atoms with van der Waals surface area (Å²) < 4.78 is 5.75. The number of nitrogens with zero attached hydrogens (tertiary/aromatic N) is 1. The highest BCUT2D eigenvalue weighted by atomic mass is 16.5. The molecule has 1 aromatic rings. The summed E-state index contributed by atoms with van der Waals surface area (Å²) in [6.07, 6.45) is 1.44. The second-order valence-corrected chi connectivity index (χ2v) is 7.97. The van der Waals surface area contributed by atoms with Gasteiger partial charge in [0.25, 0.3) is 0 Å². The van der Waals surface area contributed by atoms with Gasteiger partial charge in [-0.25, -0.2) is 0 Å². The van der Waals surface area contributed by atoms with Crippen LogP contribution in [-0.2, 0) is 9.59 Å². The van der Waals surface area contributed by atoms with E-state index in [1.165, 1.54) is 0 Å². The van der Waals surface area contributed by atoms with Crippen LogP contribution in [0.2, 0.25) is 0 Å². The second-order valence-electron chi connectivity index (χ2n) is 7.97. The van der Waals surface area contributed by atoms with E-state index < -0.39 is 0 Å². The lowest BCUT2D eigenvalue weighted by Crippen LogP contribution is -2.45. The molecular formula is C20H30N2O3. The van der Waals surface area contributed by atoms with E-state index in [0.717, 1.165) is 0 Å². The quantitative estimate of drug-likeness (QED) is 0.904. The van der Waals surface area contributed by atoms with Crippen molar-refractivity contribution in [3.63, 3.8) is 0 Å². The summed E-state index contributed by atoms with van der Waals surface area (Å²) in [5.74, 6) is 0.770. The number of hydrogen-bond acceptors (Lipinski definition) is 3. The highest BCUT2D eigenvalue weighted by Gasteiger charge is 2.32. The van der Waals surface area contributed by atoms with Crippen molar-refractivity contribution in [2.75, 3.05) is 18.4 Å². The molecule has 0 radical (unpaired) electrons. The first-order valence-corrected chi connectivity index (χ1v) is 9.04. The number of benzene rings is 1. The molecule has 0 aliphatic carbocycles. The van der Waals surface area contributed by atoms with Crippen molar-refractivity contribution in [3.05, 3.63) is 24.3 Å². The fraction of sp³-hybridized carbons (Fsp3) is 0.600. The maximum absolute atomic E-state index is 12.6. The van der Waals surface area contributed by atoms with E-state index in [-0.39, 0.29) is 29.3 Å². The Balaban J connectivity index is 1.95. The van der Waals surface area contributed by atoms with Crippen LogP contribution in [0.5, 0.6) is 5.75 Å². The number of rotatable bonds is 4. The Morgan fingerprint density at radius 1 is 1.16 bits per heavy atom. The van der Waals surface area contributed by atoms with Crippen LogP contribution in [0.1, 0.15) is 47.5 Å². The van der Waals surface area contributed by atoms with Crippen molar-refractivity contribution < 1.29 is 14.3 Å². The summed E-state index contributed by atoms with van der Waals surface area (Å²) in [5, 5.41) is 2.99. The zero-order valence-corrected chi connectivity index (χ0v) is 16.0. The Labute approximate surface area is 150 Å². The van der Waals surface area contributed by atoms with E-state index in [9.17, 15) is 9.59 Å². The minimum Gasteiger partial charge on any atom is -0.489 e. The SMILES string of the molecule is CC(C)Oc1ccccc1NC(=O)C1CCN(C(=O)C(C)(C)C)CC1. The van der Waals surface area contributed by atoms with Crippen molar-refractivity contribution in [2.45, 2.75) is 53.6 Å². The summed E-state index contributed by atoms with van der Waals surface area (Å²) in [5.41, 5.74) is 0.330. The van der Waals surface area contributed by atoms with Gasteiger partial charge >= 0.3 is 0 Å². The molecule has 0 unspecified atom stereocenters. The van der Waals surface area contributed by atoms with Gasteiger partial charge in [0, 0.05) is 24.4 Å². The molecule has 1 fully saturated rings. The van der Waals surface area contributed by atoms with Crippen LogP contribution in [-0.4, -0.2) is 35.9 Å². The predicted molar refractivity (Wildman–Crippen MR) is 99.6 cm³/mol. The molecule has 5 heteroatoms. The number of hydrogen-bond donors (Lipinski definition) is 1. The number of anilines is 1. The fourth-order valence-corrected chi connectivity index (χ4v) is 2.98. The number of nitrogens with one attached hydrogen (secondary N) is 1. The third kappa shape index (κ3) is 5.21. The van der Waals surface area contributed by atoms with E-state index >= 15 is 0 Å². The molecule has 1 aliphatic heterocycles. The molecule has 5 nitrogen and oxygen atoms in total. The summed E-state index contributed by atoms with van der Waals surface area (Å²) in [7, 11) is 0. The molecular weight excluding hydrogens is 316 g/mol. The maximum atomic E-state index is 12.6. The molecule has 1 saturated heterocycles. The number of ether oxygens (including phenoxy) is 1. The Kier molecular flexibility index (Phi) is 6.09. The van der Waals surface area contributed by atoms with Crippen molar-refractivity contribution >= 4 is 17.5 Å². The first-order chi connectivity index (χ1) is 11.7. The predicted octanol–water partition coefficient (Wildman–Crippen LogP) is 3.70. The minimum absolute atomic E-state index is 0.00247. The first kappa shape index (κ1) is 19.3. The smallest absolute Gasteiger partial charge is 0.227 e. The molecule has 0 atom stereocenters. The van der Waals surface area contributed by atoms with Gasteiger partial charge in [0.1, 0.15) is 5.75 Å². The molecule has 138 valence electrons. The van der Waals surface area contributed by atoms with E-state index in [0.29, 0.717) is 37.4 Å². The number of carbonyl (C=O) groups is 2. The second kappa shape index (κ2) is 7.89. The lowest BCUT2D eigenvalue weighted by atomic mass is 9.90. The number of para-hydroxylation sites is 2. The Morgan fingerprint density at radius 2 is 1.76 bits per heavy atom. The van der Waals surface area contributed by atoms with Gasteiger partial charge in [-0.15, -0.1) is 0 Å². The van der Waals surface area contributed by atoms with Crippen LogP contribution < -0.4 is 10.1 Å². The maximum Gasteiger partial charge on any atom is 0.227 e. The number of likely N-dealkylation sites (tertiary alicyclic amines) is 1. The molecule has 0 saturated carbocycles. The van der Waals surface area contributed by atoms with E-state index in [4.69, 9.17) is 4.74 Å². The molecule has 0 spiro atoms. The van der Waals surface area contributed by atoms with Gasteiger partial charge in [-0.3, -0.25) is 9.59 Å². The highest BCUT2D eigenvalue weighted by Crippen LogP contribution is 2.28. The van der Waals surface area contributed by atoms with Crippen LogP contribution in [0.25, 0.3) is 0 Å². The van der Waals surface area contributed by atoms with Gasteiger partial charge in [-0.05, 0) is 38.8 Å². The molecule has 1 N–H and O–H groups in total. The van der Waals surface area contributed by atoms with Gasteiger partial charge in [0.15, 0.2) is 0 Å². The van der Waals surface area contributed by atoms with Gasteiger partial charge in [-0.1, -0.05) is 32.9 Å². The highest BCUT2D eigenvalue weighted by molar-refractivity contribution is 5.94. The third-order valence-electron chi connectivity index (χ3n) is 4.30. The fourth-order valence-electron chi connectivity index (χ4n) is 2.98. The minimum atomic E-state index is -0.373. The molecule has 2 rings (SSSR count). The van der Waals surface area contributed by atoms with Crippen molar-refractivity contribution in [2.24, 2.45) is 11.3 Å². The van der Waals surface area contributed by atoms with Crippen LogP contribution in [0, 0.1) is 11.3 Å². The lowest BCUT2D eigenvalue weighted by Gasteiger charge is -2.35. The van der Waals surface area contributed by atoms with E-state index in [1.54, 1.807) is 0 Å². The summed E-state index contributed by atoms with van der Waals surface area (Å²) in [4.78, 5) is 26.8. The Bertz CT molecular complexity index is 612. The average Bonchev–Trinajstić information content (AvgIpc) is 2.54. The molecule has 0 bridgehead atoms. The van der Waals surface area contributed by atoms with Crippen LogP contribution in [0.3, 0.4) is 0 Å². The molecule has 25 heavy (non-hydrogen) atoms. The summed E-state index contributed by atoms with van der Waals surface area (Å²) in [6.45, 7) is 11.0. The number of piperidine rings is 1. The van der Waals surface area contributed by atoms with Crippen LogP contribution in [0.4, 0.5) is 5.69 Å². The number of amides is 2. The standard InChI is InChI=1S/C20H30N2O3/c1-14(2)25-17-9-7-6-8-16(17)21-18(23)15-10-12-22(13-11-15)19(24)20(3,4)5/h6-9,14-15H,10-13H2,1-5H3,(H,21,23). The topological polar surface area (TPSA) is 58.6 Å². The van der Waals surface area contributed by atoms with Crippen molar-refractivity contribution in [3.8, 4) is 5.75 Å². The van der Waals surface area contributed by atoms with Gasteiger partial charge in [-0.2, -0.15) is 0 Å². The molecule has 1 aliphatic rings. The molecule has 1 aromatic carbocycles. The average molecular weight is 346 g/mol. The summed E-state index contributed by atoms with van der Waals surface area (Å²) >= 11 is 0. The van der Waals surface area contributed by atoms with E-state index in [2.05, 4.69) is 5.32 Å². The number of carbonyl (C=O) groups excluding carboxylic acids is 2. The lowest BCUT2D eigenvalue weighted by molar-refractivity contribution is -0.142. The molecule has 2 amide bonds. The molecule has 1 heterocycles. The molecule has 0 aromatic heterocycles. The van der Waals surface area contributed by atoms with E-state index in [1.807, 2.05) is 63.8 Å². The zero-order chi connectivity index (χ0) is 18.6. The van der Waals surface area contributed by atoms with Gasteiger partial charge in [0.05, 0.1) is 11.8 Å². The third-order valence-corrected chi connectivity index (χ3v) is 4.30. The first-order valence-electron chi connectivity index (χ1n) is 9.04. The summed E-state index contributed by atoms with van der Waals surface area (Å²) in [6, 6.07) is 7.49.